The number of hydrogen-bond donors (Lipinski definition) is 0. The summed E-state index contributed by atoms with van der Waals surface area (Å²) in [5, 5.41) is 0. The smallest absolute Gasteiger partial charge is 0.169 e. The van der Waals surface area contributed by atoms with Crippen LogP contribution in [-0.4, -0.2) is 5.50 Å². The number of thioether (sulfide) groups is 1. The van der Waals surface area contributed by atoms with E-state index in [1.54, 1.807) is 6.08 Å². The molecule has 2 rings (SSSR count). The zero-order valence-electron chi connectivity index (χ0n) is 5.83. The predicted molar refractivity (Wildman–Crippen MR) is 46.2 cm³/mol. The number of alkyl halides is 1. The van der Waals surface area contributed by atoms with Gasteiger partial charge < -0.3 is 0 Å². The molecule has 1 unspecified atom stereocenters. The van der Waals surface area contributed by atoms with Crippen molar-refractivity contribution in [3.63, 3.8) is 0 Å². The molecular formula is C9H7FS. The van der Waals surface area contributed by atoms with Crippen LogP contribution in [-0.2, 0) is 0 Å². The van der Waals surface area contributed by atoms with Gasteiger partial charge in [-0.15, -0.1) is 0 Å². The first-order valence-electron chi connectivity index (χ1n) is 3.44. The lowest BCUT2D eigenvalue weighted by molar-refractivity contribution is 0.520. The molecule has 0 aliphatic carbocycles. The molecule has 0 nitrogen and oxygen atoms in total. The summed E-state index contributed by atoms with van der Waals surface area (Å²) in [5.74, 6) is 0. The minimum absolute atomic E-state index is 0.870. The standard InChI is InChI=1S/C9H7FS/c10-9-6-5-7-3-1-2-4-8(7)11-9/h1-6,9H. The number of rotatable bonds is 0. The molecule has 0 spiro atoms. The molecule has 0 saturated carbocycles. The average Bonchev–Trinajstić information content (AvgIpc) is 2.04. The quantitative estimate of drug-likeness (QED) is 0.570. The lowest BCUT2D eigenvalue weighted by Gasteiger charge is -2.11. The molecular weight excluding hydrogens is 159 g/mol. The maximum absolute atomic E-state index is 12.7. The van der Waals surface area contributed by atoms with Crippen LogP contribution >= 0.6 is 11.8 Å². The summed E-state index contributed by atoms with van der Waals surface area (Å²) in [6, 6.07) is 7.82. The molecule has 0 fully saturated rings. The molecule has 1 aromatic carbocycles. The number of halogens is 1. The summed E-state index contributed by atoms with van der Waals surface area (Å²) in [6.45, 7) is 0. The van der Waals surface area contributed by atoms with E-state index in [9.17, 15) is 4.39 Å². The molecule has 0 bridgehead atoms. The van der Waals surface area contributed by atoms with Gasteiger partial charge in [-0.25, -0.2) is 4.39 Å². The zero-order valence-corrected chi connectivity index (χ0v) is 6.64. The highest BCUT2D eigenvalue weighted by atomic mass is 32.2. The van der Waals surface area contributed by atoms with E-state index in [1.807, 2.05) is 30.3 Å². The van der Waals surface area contributed by atoms with Gasteiger partial charge in [0.25, 0.3) is 0 Å². The van der Waals surface area contributed by atoms with Crippen LogP contribution in [0.2, 0.25) is 0 Å². The third kappa shape index (κ3) is 1.31. The molecule has 1 aromatic rings. The first-order valence-corrected chi connectivity index (χ1v) is 4.32. The Balaban J connectivity index is 2.46. The fourth-order valence-electron chi connectivity index (χ4n) is 1.07. The second-order valence-electron chi connectivity index (χ2n) is 2.37. The molecule has 0 saturated heterocycles. The minimum Gasteiger partial charge on any atom is -0.231 e. The van der Waals surface area contributed by atoms with Gasteiger partial charge in [0.05, 0.1) is 0 Å². The number of hydrogen-bond acceptors (Lipinski definition) is 1. The van der Waals surface area contributed by atoms with Crippen LogP contribution in [0.1, 0.15) is 5.56 Å². The lowest BCUT2D eigenvalue weighted by Crippen LogP contribution is -1.94. The van der Waals surface area contributed by atoms with Crippen molar-refractivity contribution in [3.8, 4) is 0 Å². The van der Waals surface area contributed by atoms with Gasteiger partial charge in [-0.3, -0.25) is 0 Å². The van der Waals surface area contributed by atoms with Crippen LogP contribution in [0.25, 0.3) is 6.08 Å². The second-order valence-corrected chi connectivity index (χ2v) is 3.49. The monoisotopic (exact) mass is 166 g/mol. The van der Waals surface area contributed by atoms with Crippen molar-refractivity contribution >= 4 is 17.8 Å². The normalized spacial score (nSPS) is 21.4. The molecule has 0 N–H and O–H groups in total. The van der Waals surface area contributed by atoms with Crippen molar-refractivity contribution in [2.45, 2.75) is 10.4 Å². The van der Waals surface area contributed by atoms with E-state index in [0.717, 1.165) is 10.5 Å². The molecule has 0 aromatic heterocycles. The van der Waals surface area contributed by atoms with Crippen LogP contribution in [0, 0.1) is 0 Å². The maximum Gasteiger partial charge on any atom is 0.169 e. The highest BCUT2D eigenvalue weighted by molar-refractivity contribution is 8.00. The van der Waals surface area contributed by atoms with E-state index < -0.39 is 5.50 Å². The van der Waals surface area contributed by atoms with Gasteiger partial charge >= 0.3 is 0 Å². The van der Waals surface area contributed by atoms with Crippen molar-refractivity contribution in [3.05, 3.63) is 35.9 Å². The van der Waals surface area contributed by atoms with Crippen LogP contribution in [0.3, 0.4) is 0 Å². The Hall–Kier alpha value is -0.760. The molecule has 11 heavy (non-hydrogen) atoms. The van der Waals surface area contributed by atoms with Gasteiger partial charge in [0, 0.05) is 4.90 Å². The minimum atomic E-state index is -0.870. The van der Waals surface area contributed by atoms with Crippen LogP contribution in [0.5, 0.6) is 0 Å². The summed E-state index contributed by atoms with van der Waals surface area (Å²) < 4.78 is 12.7. The van der Waals surface area contributed by atoms with Crippen molar-refractivity contribution < 1.29 is 4.39 Å². The molecule has 1 heterocycles. The Labute approximate surface area is 69.1 Å². The van der Waals surface area contributed by atoms with Crippen molar-refractivity contribution in [1.29, 1.82) is 0 Å². The van der Waals surface area contributed by atoms with Crippen LogP contribution in [0.15, 0.2) is 35.2 Å². The molecule has 1 atom stereocenters. The van der Waals surface area contributed by atoms with E-state index in [0.29, 0.717) is 0 Å². The third-order valence-corrected chi connectivity index (χ3v) is 2.59. The highest BCUT2D eigenvalue weighted by Crippen LogP contribution is 2.33. The Kier molecular flexibility index (Phi) is 1.70. The largest absolute Gasteiger partial charge is 0.231 e. The fourth-order valence-corrected chi connectivity index (χ4v) is 1.89. The molecule has 1 aliphatic heterocycles. The van der Waals surface area contributed by atoms with E-state index >= 15 is 0 Å². The van der Waals surface area contributed by atoms with Gasteiger partial charge in [0.2, 0.25) is 0 Å². The molecule has 56 valence electrons. The summed E-state index contributed by atoms with van der Waals surface area (Å²) in [4.78, 5) is 1.03. The van der Waals surface area contributed by atoms with Gasteiger partial charge in [0.1, 0.15) is 0 Å². The Bertz CT molecular complexity index is 293. The average molecular weight is 166 g/mol. The molecule has 1 aliphatic rings. The fraction of sp³-hybridized carbons (Fsp3) is 0.111. The Morgan fingerprint density at radius 2 is 2.09 bits per heavy atom. The van der Waals surface area contributed by atoms with E-state index in [2.05, 4.69) is 0 Å². The van der Waals surface area contributed by atoms with E-state index in [1.165, 1.54) is 11.8 Å². The molecule has 2 heteroatoms. The lowest BCUT2D eigenvalue weighted by atomic mass is 10.2. The summed E-state index contributed by atoms with van der Waals surface area (Å²) >= 11 is 1.26. The second kappa shape index (κ2) is 2.70. The van der Waals surface area contributed by atoms with E-state index in [4.69, 9.17) is 0 Å². The van der Waals surface area contributed by atoms with Crippen molar-refractivity contribution in [1.82, 2.24) is 0 Å². The topological polar surface area (TPSA) is 0 Å². The third-order valence-electron chi connectivity index (χ3n) is 1.59. The van der Waals surface area contributed by atoms with Crippen LogP contribution in [0.4, 0.5) is 4.39 Å². The first-order chi connectivity index (χ1) is 5.36. The van der Waals surface area contributed by atoms with Gasteiger partial charge in [0.15, 0.2) is 5.50 Å². The van der Waals surface area contributed by atoms with Crippen molar-refractivity contribution in [2.75, 3.05) is 0 Å². The van der Waals surface area contributed by atoms with Gasteiger partial charge in [-0.2, -0.15) is 0 Å². The van der Waals surface area contributed by atoms with Crippen molar-refractivity contribution in [2.24, 2.45) is 0 Å². The van der Waals surface area contributed by atoms with Crippen LogP contribution < -0.4 is 0 Å². The summed E-state index contributed by atoms with van der Waals surface area (Å²) in [6.07, 6.45) is 3.41. The first kappa shape index (κ1) is 6.92. The SMILES string of the molecule is FC1C=Cc2ccccc2S1. The van der Waals surface area contributed by atoms with E-state index in [-0.39, 0.29) is 0 Å². The Morgan fingerprint density at radius 3 is 3.00 bits per heavy atom. The maximum atomic E-state index is 12.7. The number of benzene rings is 1. The zero-order chi connectivity index (χ0) is 7.68. The summed E-state index contributed by atoms with van der Waals surface area (Å²) in [5.41, 5.74) is 0.247. The summed E-state index contributed by atoms with van der Waals surface area (Å²) in [7, 11) is 0. The Morgan fingerprint density at radius 1 is 1.27 bits per heavy atom. The predicted octanol–water partition coefficient (Wildman–Crippen LogP) is 3.10. The van der Waals surface area contributed by atoms with Gasteiger partial charge in [-0.05, 0) is 17.7 Å². The molecule has 0 amide bonds. The highest BCUT2D eigenvalue weighted by Gasteiger charge is 2.11. The van der Waals surface area contributed by atoms with Gasteiger partial charge in [-0.1, -0.05) is 36.0 Å². The number of fused-ring (bicyclic) bond motifs is 1. The molecule has 0 radical (unpaired) electrons.